The van der Waals surface area contributed by atoms with E-state index in [1.165, 1.54) is 0 Å². The molecule has 0 aromatic carbocycles. The molecule has 1 amide bonds. The van der Waals surface area contributed by atoms with Crippen LogP contribution in [0, 0.1) is 0 Å². The van der Waals surface area contributed by atoms with Crippen LogP contribution in [0.3, 0.4) is 0 Å². The van der Waals surface area contributed by atoms with Crippen LogP contribution in [0.15, 0.2) is 0 Å². The van der Waals surface area contributed by atoms with Crippen molar-refractivity contribution in [2.45, 2.75) is 191 Å². The number of nitrogens with one attached hydrogen (secondary N) is 1. The second-order valence-corrected chi connectivity index (χ2v) is 17.5. The minimum absolute atomic E-state index is 0.760. The summed E-state index contributed by atoms with van der Waals surface area (Å²) in [5.74, 6) is -0.760. The summed E-state index contributed by atoms with van der Waals surface area (Å²) >= 11 is 0. The number of rotatable bonds is 17. The quantitative estimate of drug-likeness (QED) is 0.0643. The fraction of sp³-hybridized carbons (Fsp3) is 0.974. The molecule has 0 spiro atoms. The first-order chi connectivity index (χ1) is 33.1. The molecule has 0 unspecified atom stereocenters. The molecule has 0 aromatic rings. The lowest BCUT2D eigenvalue weighted by Gasteiger charge is -2.50. The minimum Gasteiger partial charge on any atom is -0.394 e. The third-order valence-corrected chi connectivity index (χ3v) is 12.8. The number of ether oxygens (including phenoxy) is 11. The Bertz CT molecular complexity index is 1630. The topological polar surface area (TPSA) is 515 Å². The summed E-state index contributed by atoms with van der Waals surface area (Å²) in [4.78, 5) is 12.0. The fourth-order valence-electron chi connectivity index (χ4n) is 8.77. The Kier molecular flexibility index (Phi) is 20.3. The zero-order valence-electron chi connectivity index (χ0n) is 37.0. The van der Waals surface area contributed by atoms with Gasteiger partial charge in [0.2, 0.25) is 5.91 Å². The zero-order chi connectivity index (χ0) is 51.6. The van der Waals surface area contributed by atoms with Gasteiger partial charge in [0.1, 0.15) is 146 Å². The standard InChI is InChI=1S/C38H65NO31/c1-8(45)39-15-21(51)29(13(6-44)61-33(15)59)67-36-28(58)30(20(50)14(66-36)7-60-34-26(56)22(52)16(46)9(2-40)62-34)68-37-32(25(55)19(49)11(4-42)64-37)70-38-31(24(54)18(48)12(5-43)65-38)69-35-27(57)23(53)17(47)10(3-41)63-35/h9-38,40-44,46-59H,2-7H2,1H3,(H,39,45)/t9-,10+,11+,12+,13+,14-,15+,16-,17+,18+,19+,20-,21+,22+,23-,24-,25-,26+,27-,28+,29+,30+,31-,32-,33+,34+,35+,36+,37+,38+/m1/s1. The van der Waals surface area contributed by atoms with E-state index in [4.69, 9.17) is 52.1 Å². The van der Waals surface area contributed by atoms with Crippen molar-refractivity contribution in [2.24, 2.45) is 0 Å². The summed E-state index contributed by atoms with van der Waals surface area (Å²) in [7, 11) is 0. The van der Waals surface area contributed by atoms with Gasteiger partial charge in [-0.05, 0) is 0 Å². The Balaban J connectivity index is 1.32. The molecule has 6 rings (SSSR count). The fourth-order valence-corrected chi connectivity index (χ4v) is 8.77. The molecule has 0 saturated carbocycles. The van der Waals surface area contributed by atoms with Crippen LogP contribution < -0.4 is 5.32 Å². The van der Waals surface area contributed by atoms with Crippen molar-refractivity contribution in [1.82, 2.24) is 5.32 Å². The lowest BCUT2D eigenvalue weighted by molar-refractivity contribution is -0.407. The Morgan fingerprint density at radius 2 is 0.743 bits per heavy atom. The molecule has 408 valence electrons. The molecule has 32 nitrogen and oxygen atoms in total. The first-order valence-electron chi connectivity index (χ1n) is 22.1. The highest BCUT2D eigenvalue weighted by Crippen LogP contribution is 2.37. The maximum atomic E-state index is 12.0. The Morgan fingerprint density at radius 1 is 0.371 bits per heavy atom. The van der Waals surface area contributed by atoms with Gasteiger partial charge in [-0.1, -0.05) is 0 Å². The van der Waals surface area contributed by atoms with Crippen LogP contribution in [0.5, 0.6) is 0 Å². The number of hydrogen-bond acceptors (Lipinski definition) is 31. The molecule has 0 radical (unpaired) electrons. The molecule has 32 heteroatoms. The van der Waals surface area contributed by atoms with E-state index in [9.17, 15) is 102 Å². The minimum atomic E-state index is -2.30. The van der Waals surface area contributed by atoms with Crippen molar-refractivity contribution < 1.29 is 154 Å². The molecular weight excluding hydrogens is 966 g/mol. The summed E-state index contributed by atoms with van der Waals surface area (Å²) in [5.41, 5.74) is 0. The highest BCUT2D eigenvalue weighted by molar-refractivity contribution is 5.73. The van der Waals surface area contributed by atoms with Gasteiger partial charge in [-0.3, -0.25) is 4.79 Å². The van der Waals surface area contributed by atoms with Gasteiger partial charge in [0.25, 0.3) is 0 Å². The lowest BCUT2D eigenvalue weighted by atomic mass is 9.95. The largest absolute Gasteiger partial charge is 0.394 e. The van der Waals surface area contributed by atoms with Gasteiger partial charge in [-0.25, -0.2) is 0 Å². The normalized spacial score (nSPS) is 51.5. The maximum Gasteiger partial charge on any atom is 0.217 e. The van der Waals surface area contributed by atoms with Crippen molar-refractivity contribution in [3.8, 4) is 0 Å². The van der Waals surface area contributed by atoms with Crippen LogP contribution in [0.1, 0.15) is 6.92 Å². The van der Waals surface area contributed by atoms with E-state index in [1.54, 1.807) is 0 Å². The van der Waals surface area contributed by atoms with Crippen LogP contribution in [0.25, 0.3) is 0 Å². The lowest BCUT2D eigenvalue weighted by Crippen LogP contribution is -2.69. The van der Waals surface area contributed by atoms with Gasteiger partial charge in [0.05, 0.1) is 39.6 Å². The van der Waals surface area contributed by atoms with E-state index in [2.05, 4.69) is 5.32 Å². The molecule has 0 bridgehead atoms. The van der Waals surface area contributed by atoms with E-state index >= 15 is 0 Å². The number of hydrogen-bond donors (Lipinski definition) is 20. The third kappa shape index (κ3) is 12.0. The van der Waals surface area contributed by atoms with Crippen LogP contribution in [-0.4, -0.2) is 327 Å². The molecule has 6 aliphatic heterocycles. The third-order valence-electron chi connectivity index (χ3n) is 12.8. The van der Waals surface area contributed by atoms with E-state index in [0.29, 0.717) is 0 Å². The molecule has 6 fully saturated rings. The van der Waals surface area contributed by atoms with E-state index in [-0.39, 0.29) is 0 Å². The summed E-state index contributed by atoms with van der Waals surface area (Å²) in [6.07, 6.45) is -57.2. The Morgan fingerprint density at radius 3 is 1.21 bits per heavy atom. The van der Waals surface area contributed by atoms with E-state index in [1.807, 2.05) is 0 Å². The molecule has 70 heavy (non-hydrogen) atoms. The zero-order valence-corrected chi connectivity index (χ0v) is 37.0. The van der Waals surface area contributed by atoms with Crippen molar-refractivity contribution in [3.63, 3.8) is 0 Å². The van der Waals surface area contributed by atoms with Gasteiger partial charge in [0, 0.05) is 6.92 Å². The van der Waals surface area contributed by atoms with Gasteiger partial charge >= 0.3 is 0 Å². The summed E-state index contributed by atoms with van der Waals surface area (Å²) < 4.78 is 62.4. The van der Waals surface area contributed by atoms with Gasteiger partial charge in [-0.2, -0.15) is 0 Å². The van der Waals surface area contributed by atoms with Gasteiger partial charge < -0.3 is 154 Å². The number of amides is 1. The van der Waals surface area contributed by atoms with Gasteiger partial charge in [-0.15, -0.1) is 0 Å². The van der Waals surface area contributed by atoms with Crippen molar-refractivity contribution in [2.75, 3.05) is 39.6 Å². The summed E-state index contributed by atoms with van der Waals surface area (Å²) in [6.45, 7) is -4.70. The van der Waals surface area contributed by atoms with E-state index in [0.717, 1.165) is 6.92 Å². The second-order valence-electron chi connectivity index (χ2n) is 17.5. The van der Waals surface area contributed by atoms with Gasteiger partial charge in [0.15, 0.2) is 37.7 Å². The molecule has 0 aromatic heterocycles. The molecule has 6 heterocycles. The Labute approximate surface area is 395 Å². The van der Waals surface area contributed by atoms with E-state index < -0.39 is 230 Å². The summed E-state index contributed by atoms with van der Waals surface area (Å²) in [6, 6.07) is -1.62. The number of aliphatic hydroxyl groups excluding tert-OH is 19. The maximum absolute atomic E-state index is 12.0. The first-order valence-corrected chi connectivity index (χ1v) is 22.1. The second kappa shape index (κ2) is 24.7. The number of carbonyl (C=O) groups excluding carboxylic acids is 1. The first kappa shape index (κ1) is 57.5. The van der Waals surface area contributed by atoms with Crippen LogP contribution in [0.4, 0.5) is 0 Å². The predicted octanol–water partition coefficient (Wildman–Crippen LogP) is -14.0. The molecule has 6 aliphatic rings. The van der Waals surface area contributed by atoms with Crippen LogP contribution in [0.2, 0.25) is 0 Å². The molecule has 30 atom stereocenters. The molecule has 20 N–H and O–H groups in total. The SMILES string of the molecule is CC(=O)N[C@H]1[C@H](O)[C@@H](O[C@@H]2O[C@H](CO[C@H]3O[C@H](CO)[C@@H](O)[C@H](O)[C@@H]3O)[C@@H](O)[C@H](O[C@@H]3O[C@@H](CO)[C@H](O)[C@@H](O)[C@H]3O[C@@H]3O[C@@H](CO)[C@H](O)[C@@H](O)[C@H]3O[C@@H]3O[C@@H](CO)[C@H](O)[C@@H](O)[C@H]3O)[C@@H]2O)[C@H](CO)O[C@@H]1O. The van der Waals surface area contributed by atoms with Crippen molar-refractivity contribution >= 4 is 5.91 Å². The average molecular weight is 1030 g/mol. The molecule has 6 saturated heterocycles. The van der Waals surface area contributed by atoms with Crippen molar-refractivity contribution in [3.05, 3.63) is 0 Å². The van der Waals surface area contributed by atoms with Crippen LogP contribution in [-0.2, 0) is 56.9 Å². The van der Waals surface area contributed by atoms with Crippen LogP contribution >= 0.6 is 0 Å². The summed E-state index contributed by atoms with van der Waals surface area (Å²) in [5, 5.41) is 205. The molecular formula is C38H65NO31. The monoisotopic (exact) mass is 1030 g/mol. The average Bonchev–Trinajstić information content (AvgIpc) is 3.33. The number of carbonyl (C=O) groups is 1. The predicted molar refractivity (Wildman–Crippen MR) is 211 cm³/mol. The smallest absolute Gasteiger partial charge is 0.217 e. The highest BCUT2D eigenvalue weighted by Gasteiger charge is 2.58. The highest BCUT2D eigenvalue weighted by atomic mass is 16.8. The number of aliphatic hydroxyl groups is 19. The van der Waals surface area contributed by atoms with Crippen molar-refractivity contribution in [1.29, 1.82) is 0 Å². The Hall–Kier alpha value is -1.73. The molecule has 0 aliphatic carbocycles.